The zero-order chi connectivity index (χ0) is 9.42. The van der Waals surface area contributed by atoms with Crippen LogP contribution in [0.5, 0.6) is 0 Å². The van der Waals surface area contributed by atoms with Crippen molar-refractivity contribution >= 4 is 26.8 Å². The van der Waals surface area contributed by atoms with Gasteiger partial charge in [-0.1, -0.05) is 22.0 Å². The molecule has 68 valence electrons. The molecule has 0 radical (unpaired) electrons. The van der Waals surface area contributed by atoms with E-state index in [1.165, 1.54) is 0 Å². The number of nitrogens with one attached hydrogen (secondary N) is 1. The first-order chi connectivity index (χ1) is 6.18. The molecular weight excluding hydrogens is 230 g/mol. The largest absolute Gasteiger partial charge is 0.389 e. The van der Waals surface area contributed by atoms with Crippen molar-refractivity contribution in [3.8, 4) is 0 Å². The van der Waals surface area contributed by atoms with Gasteiger partial charge in [-0.2, -0.15) is 0 Å². The average Bonchev–Trinajstić information content (AvgIpc) is 2.46. The van der Waals surface area contributed by atoms with Gasteiger partial charge in [-0.15, -0.1) is 0 Å². The highest BCUT2D eigenvalue weighted by Crippen LogP contribution is 2.26. The third kappa shape index (κ3) is 1.49. The quantitative estimate of drug-likeness (QED) is 0.789. The van der Waals surface area contributed by atoms with Crippen LogP contribution in [0.4, 0.5) is 0 Å². The summed E-state index contributed by atoms with van der Waals surface area (Å²) in [6.07, 6.45) is 1.43. The van der Waals surface area contributed by atoms with Crippen LogP contribution < -0.4 is 0 Å². The van der Waals surface area contributed by atoms with Crippen molar-refractivity contribution in [3.63, 3.8) is 0 Å². The Balaban J connectivity index is 2.69. The maximum Gasteiger partial charge on any atom is 0.0782 e. The van der Waals surface area contributed by atoms with Crippen LogP contribution in [0.1, 0.15) is 18.6 Å². The minimum Gasteiger partial charge on any atom is -0.389 e. The zero-order valence-electron chi connectivity index (χ0n) is 7.21. The third-order valence-electron chi connectivity index (χ3n) is 2.13. The molecule has 0 aliphatic rings. The summed E-state index contributed by atoms with van der Waals surface area (Å²) in [5.41, 5.74) is 1.99. The lowest BCUT2D eigenvalue weighted by atomic mass is 10.1. The van der Waals surface area contributed by atoms with Crippen molar-refractivity contribution in [2.75, 3.05) is 0 Å². The summed E-state index contributed by atoms with van der Waals surface area (Å²) in [5.74, 6) is 0. The number of benzene rings is 1. The van der Waals surface area contributed by atoms with Gasteiger partial charge in [-0.3, -0.25) is 0 Å². The Bertz CT molecular complexity index is 433. The summed E-state index contributed by atoms with van der Waals surface area (Å²) in [6.45, 7) is 1.77. The molecule has 2 nitrogen and oxygen atoms in total. The van der Waals surface area contributed by atoms with Gasteiger partial charge in [0.25, 0.3) is 0 Å². The van der Waals surface area contributed by atoms with E-state index in [1.54, 1.807) is 6.92 Å². The van der Waals surface area contributed by atoms with Gasteiger partial charge in [0, 0.05) is 27.1 Å². The van der Waals surface area contributed by atoms with Gasteiger partial charge >= 0.3 is 0 Å². The summed E-state index contributed by atoms with van der Waals surface area (Å²) in [4.78, 5) is 3.12. The molecule has 0 unspecified atom stereocenters. The molecule has 0 spiro atoms. The Labute approximate surface area is 84.7 Å². The van der Waals surface area contributed by atoms with E-state index in [2.05, 4.69) is 20.9 Å². The number of hydrogen-bond acceptors (Lipinski definition) is 1. The molecule has 0 bridgehead atoms. The lowest BCUT2D eigenvalue weighted by Gasteiger charge is -2.00. The maximum atomic E-state index is 9.45. The molecule has 0 amide bonds. The van der Waals surface area contributed by atoms with E-state index in [9.17, 15) is 5.11 Å². The molecular formula is C10H10BrNO. The Kier molecular flexibility index (Phi) is 2.14. The summed E-state index contributed by atoms with van der Waals surface area (Å²) >= 11 is 3.40. The number of aromatic nitrogens is 1. The van der Waals surface area contributed by atoms with E-state index in [0.29, 0.717) is 0 Å². The summed E-state index contributed by atoms with van der Waals surface area (Å²) in [6, 6.07) is 5.97. The minimum atomic E-state index is -0.421. The van der Waals surface area contributed by atoms with Crippen LogP contribution in [-0.4, -0.2) is 10.1 Å². The number of aliphatic hydroxyl groups excluding tert-OH is 1. The summed E-state index contributed by atoms with van der Waals surface area (Å²) in [7, 11) is 0. The Morgan fingerprint density at radius 3 is 2.92 bits per heavy atom. The zero-order valence-corrected chi connectivity index (χ0v) is 8.80. The lowest BCUT2D eigenvalue weighted by molar-refractivity contribution is 0.201. The van der Waals surface area contributed by atoms with Crippen LogP contribution in [-0.2, 0) is 0 Å². The lowest BCUT2D eigenvalue weighted by Crippen LogP contribution is -1.87. The summed E-state index contributed by atoms with van der Waals surface area (Å²) < 4.78 is 1.04. The number of aliphatic hydroxyl groups is 1. The van der Waals surface area contributed by atoms with Crippen molar-refractivity contribution in [1.29, 1.82) is 0 Å². The molecule has 1 aromatic heterocycles. The van der Waals surface area contributed by atoms with Gasteiger partial charge in [0.2, 0.25) is 0 Å². The Hall–Kier alpha value is -0.800. The second-order valence-corrected chi connectivity index (χ2v) is 4.03. The van der Waals surface area contributed by atoms with Gasteiger partial charge in [0.15, 0.2) is 0 Å². The fourth-order valence-electron chi connectivity index (χ4n) is 1.47. The molecule has 2 rings (SSSR count). The first-order valence-corrected chi connectivity index (χ1v) is 4.92. The van der Waals surface area contributed by atoms with Crippen molar-refractivity contribution in [2.45, 2.75) is 13.0 Å². The highest BCUT2D eigenvalue weighted by atomic mass is 79.9. The SMILES string of the molecule is C[C@@H](O)c1c[nH]c2cc(Br)ccc12. The van der Waals surface area contributed by atoms with Crippen molar-refractivity contribution in [1.82, 2.24) is 4.98 Å². The summed E-state index contributed by atoms with van der Waals surface area (Å²) in [5, 5.41) is 10.5. The molecule has 0 aliphatic heterocycles. The number of fused-ring (bicyclic) bond motifs is 1. The van der Waals surface area contributed by atoms with E-state index in [4.69, 9.17) is 0 Å². The topological polar surface area (TPSA) is 36.0 Å². The fraction of sp³-hybridized carbons (Fsp3) is 0.200. The molecule has 0 aliphatic carbocycles. The molecule has 2 aromatic rings. The maximum absolute atomic E-state index is 9.45. The number of rotatable bonds is 1. The Morgan fingerprint density at radius 1 is 1.46 bits per heavy atom. The smallest absolute Gasteiger partial charge is 0.0782 e. The Morgan fingerprint density at radius 2 is 2.23 bits per heavy atom. The van der Waals surface area contributed by atoms with Gasteiger partial charge in [0.1, 0.15) is 0 Å². The number of halogens is 1. The van der Waals surface area contributed by atoms with E-state index in [1.807, 2.05) is 24.4 Å². The van der Waals surface area contributed by atoms with E-state index >= 15 is 0 Å². The van der Waals surface area contributed by atoms with Gasteiger partial charge in [0.05, 0.1) is 6.10 Å². The fourth-order valence-corrected chi connectivity index (χ4v) is 1.83. The molecule has 13 heavy (non-hydrogen) atoms. The monoisotopic (exact) mass is 239 g/mol. The first kappa shape index (κ1) is 8.78. The second kappa shape index (κ2) is 3.16. The standard InChI is InChI=1S/C10H10BrNO/c1-6(13)9-5-12-10-4-7(11)2-3-8(9)10/h2-6,12-13H,1H3/t6-/m1/s1. The van der Waals surface area contributed by atoms with Crippen LogP contribution >= 0.6 is 15.9 Å². The number of aromatic amines is 1. The minimum absolute atomic E-state index is 0.421. The highest BCUT2D eigenvalue weighted by Gasteiger charge is 2.07. The van der Waals surface area contributed by atoms with E-state index in [-0.39, 0.29) is 0 Å². The van der Waals surface area contributed by atoms with Crippen LogP contribution in [0.2, 0.25) is 0 Å². The van der Waals surface area contributed by atoms with Crippen LogP contribution in [0.3, 0.4) is 0 Å². The number of hydrogen-bond donors (Lipinski definition) is 2. The molecule has 1 aromatic carbocycles. The first-order valence-electron chi connectivity index (χ1n) is 4.13. The van der Waals surface area contributed by atoms with E-state index in [0.717, 1.165) is 20.9 Å². The van der Waals surface area contributed by atoms with Crippen LogP contribution in [0.15, 0.2) is 28.9 Å². The van der Waals surface area contributed by atoms with Gasteiger partial charge in [-0.25, -0.2) is 0 Å². The molecule has 2 N–H and O–H groups in total. The molecule has 1 heterocycles. The van der Waals surface area contributed by atoms with Crippen molar-refractivity contribution in [2.24, 2.45) is 0 Å². The predicted octanol–water partition coefficient (Wildman–Crippen LogP) is 2.98. The van der Waals surface area contributed by atoms with Crippen molar-refractivity contribution < 1.29 is 5.11 Å². The normalized spacial score (nSPS) is 13.5. The average molecular weight is 240 g/mol. The predicted molar refractivity (Wildman–Crippen MR) is 56.6 cm³/mol. The molecule has 0 saturated heterocycles. The van der Waals surface area contributed by atoms with E-state index < -0.39 is 6.10 Å². The number of H-pyrrole nitrogens is 1. The van der Waals surface area contributed by atoms with Gasteiger partial charge in [-0.05, 0) is 19.1 Å². The van der Waals surface area contributed by atoms with Crippen LogP contribution in [0.25, 0.3) is 10.9 Å². The third-order valence-corrected chi connectivity index (χ3v) is 2.62. The molecule has 0 saturated carbocycles. The molecule has 0 fully saturated rings. The van der Waals surface area contributed by atoms with Crippen LogP contribution in [0, 0.1) is 0 Å². The molecule has 1 atom stereocenters. The van der Waals surface area contributed by atoms with Gasteiger partial charge < -0.3 is 10.1 Å². The highest BCUT2D eigenvalue weighted by molar-refractivity contribution is 9.10. The molecule has 3 heteroatoms. The van der Waals surface area contributed by atoms with Crippen molar-refractivity contribution in [3.05, 3.63) is 34.4 Å². The second-order valence-electron chi connectivity index (χ2n) is 3.11.